The Hall–Kier alpha value is -2.44. The molecule has 1 fully saturated rings. The second-order valence-electron chi connectivity index (χ2n) is 7.91. The number of ether oxygens (including phenoxy) is 1. The number of piperazine rings is 1. The van der Waals surface area contributed by atoms with E-state index in [1.54, 1.807) is 6.07 Å². The van der Waals surface area contributed by atoms with E-state index < -0.39 is 0 Å². The minimum Gasteiger partial charge on any atom is -0.494 e. The number of hydrogen-bond acceptors (Lipinski definition) is 4. The maximum absolute atomic E-state index is 13.9. The lowest BCUT2D eigenvalue weighted by molar-refractivity contribution is -0.117. The van der Waals surface area contributed by atoms with Crippen LogP contribution in [0.3, 0.4) is 0 Å². The Labute approximate surface area is 171 Å². The van der Waals surface area contributed by atoms with E-state index in [1.165, 1.54) is 30.7 Å². The smallest absolute Gasteiger partial charge is 0.238 e. The molecule has 1 aliphatic heterocycles. The lowest BCUT2D eigenvalue weighted by atomic mass is 10.1. The van der Waals surface area contributed by atoms with Gasteiger partial charge in [-0.1, -0.05) is 12.1 Å². The first kappa shape index (κ1) is 19.9. The molecule has 0 saturated carbocycles. The monoisotopic (exact) mass is 397 g/mol. The predicted molar refractivity (Wildman–Crippen MR) is 112 cm³/mol. The molecular weight excluding hydrogens is 369 g/mol. The molecule has 1 amide bonds. The Balaban J connectivity index is 1.23. The normalized spacial score (nSPS) is 17.2. The summed E-state index contributed by atoms with van der Waals surface area (Å²) in [5.74, 6) is -0.0200. The Kier molecular flexibility index (Phi) is 6.11. The number of hydrogen-bond donors (Lipinski definition) is 1. The molecule has 6 heteroatoms. The fourth-order valence-electron chi connectivity index (χ4n) is 4.23. The van der Waals surface area contributed by atoms with Gasteiger partial charge in [-0.25, -0.2) is 4.39 Å². The van der Waals surface area contributed by atoms with Crippen molar-refractivity contribution in [1.82, 2.24) is 9.80 Å². The van der Waals surface area contributed by atoms with Crippen molar-refractivity contribution in [3.05, 3.63) is 58.9 Å². The number of benzene rings is 2. The van der Waals surface area contributed by atoms with E-state index in [0.717, 1.165) is 50.3 Å². The Bertz CT molecular complexity index is 878. The quantitative estimate of drug-likeness (QED) is 0.814. The van der Waals surface area contributed by atoms with Gasteiger partial charge in [-0.05, 0) is 60.2 Å². The fourth-order valence-corrected chi connectivity index (χ4v) is 4.23. The summed E-state index contributed by atoms with van der Waals surface area (Å²) in [6, 6.07) is 11.4. The highest BCUT2D eigenvalue weighted by Crippen LogP contribution is 2.25. The van der Waals surface area contributed by atoms with Gasteiger partial charge in [0.05, 0.1) is 13.7 Å². The van der Waals surface area contributed by atoms with Gasteiger partial charge >= 0.3 is 0 Å². The molecule has 0 aromatic heterocycles. The number of nitrogens with zero attached hydrogens (tertiary/aromatic N) is 2. The maximum atomic E-state index is 13.9. The molecule has 0 spiro atoms. The van der Waals surface area contributed by atoms with E-state index in [-0.39, 0.29) is 17.5 Å². The number of anilines is 1. The number of rotatable bonds is 6. The lowest BCUT2D eigenvalue weighted by Gasteiger charge is -2.34. The SMILES string of the molecule is COc1ccc(CN2CCN(CC(=O)Nc3ccc4c(c3)CCC4)CC2)cc1F. The van der Waals surface area contributed by atoms with Gasteiger partial charge in [0.15, 0.2) is 11.6 Å². The summed E-state index contributed by atoms with van der Waals surface area (Å²) in [5, 5.41) is 3.04. The van der Waals surface area contributed by atoms with Crippen molar-refractivity contribution in [2.24, 2.45) is 0 Å². The number of carbonyl (C=O) groups excluding carboxylic acids is 1. The van der Waals surface area contributed by atoms with E-state index in [1.807, 2.05) is 12.1 Å². The molecular formula is C23H28FN3O2. The molecule has 0 bridgehead atoms. The average Bonchev–Trinajstić information content (AvgIpc) is 3.17. The van der Waals surface area contributed by atoms with Gasteiger partial charge in [0.25, 0.3) is 0 Å². The molecule has 1 N–H and O–H groups in total. The molecule has 1 heterocycles. The highest BCUT2D eigenvalue weighted by molar-refractivity contribution is 5.92. The van der Waals surface area contributed by atoms with Crippen molar-refractivity contribution < 1.29 is 13.9 Å². The first-order valence-electron chi connectivity index (χ1n) is 10.3. The van der Waals surface area contributed by atoms with Crippen molar-refractivity contribution in [2.45, 2.75) is 25.8 Å². The van der Waals surface area contributed by atoms with Gasteiger partial charge in [0, 0.05) is 38.4 Å². The van der Waals surface area contributed by atoms with Crippen LogP contribution < -0.4 is 10.1 Å². The number of nitrogens with one attached hydrogen (secondary N) is 1. The van der Waals surface area contributed by atoms with Gasteiger partial charge in [-0.2, -0.15) is 0 Å². The van der Waals surface area contributed by atoms with Gasteiger partial charge < -0.3 is 10.1 Å². The first-order chi connectivity index (χ1) is 14.1. The van der Waals surface area contributed by atoms with Crippen LogP contribution in [0.5, 0.6) is 5.75 Å². The van der Waals surface area contributed by atoms with E-state index in [0.29, 0.717) is 13.1 Å². The van der Waals surface area contributed by atoms with Gasteiger partial charge in [-0.3, -0.25) is 14.6 Å². The standard InChI is InChI=1S/C23H28FN3O2/c1-29-22-8-5-17(13-21(22)24)15-26-9-11-27(12-10-26)16-23(28)25-20-7-6-18-3-2-4-19(18)14-20/h5-8,13-14H,2-4,9-12,15-16H2,1H3,(H,25,28). The maximum Gasteiger partial charge on any atom is 0.238 e. The fraction of sp³-hybridized carbons (Fsp3) is 0.435. The van der Waals surface area contributed by atoms with E-state index >= 15 is 0 Å². The van der Waals surface area contributed by atoms with Crippen molar-refractivity contribution in [2.75, 3.05) is 45.2 Å². The molecule has 5 nitrogen and oxygen atoms in total. The molecule has 2 aromatic rings. The van der Waals surface area contributed by atoms with Crippen LogP contribution in [-0.2, 0) is 24.2 Å². The number of aryl methyl sites for hydroxylation is 2. The van der Waals surface area contributed by atoms with E-state index in [9.17, 15) is 9.18 Å². The zero-order chi connectivity index (χ0) is 20.2. The van der Waals surface area contributed by atoms with Crippen LogP contribution in [0, 0.1) is 5.82 Å². The molecule has 0 unspecified atom stereocenters. The van der Waals surface area contributed by atoms with Crippen LogP contribution in [0.1, 0.15) is 23.1 Å². The van der Waals surface area contributed by atoms with Crippen molar-refractivity contribution >= 4 is 11.6 Å². The van der Waals surface area contributed by atoms with Crippen LogP contribution in [0.2, 0.25) is 0 Å². The summed E-state index contributed by atoms with van der Waals surface area (Å²) < 4.78 is 18.8. The molecule has 2 aliphatic rings. The summed E-state index contributed by atoms with van der Waals surface area (Å²) >= 11 is 0. The van der Waals surface area contributed by atoms with Crippen LogP contribution in [0.15, 0.2) is 36.4 Å². The number of fused-ring (bicyclic) bond motifs is 1. The Morgan fingerprint density at radius 3 is 2.55 bits per heavy atom. The summed E-state index contributed by atoms with van der Waals surface area (Å²) in [5.41, 5.74) is 4.61. The number of amides is 1. The van der Waals surface area contributed by atoms with Crippen LogP contribution in [-0.4, -0.2) is 55.5 Å². The second kappa shape index (κ2) is 8.93. The van der Waals surface area contributed by atoms with E-state index in [4.69, 9.17) is 4.74 Å². The molecule has 1 saturated heterocycles. The number of methoxy groups -OCH3 is 1. The third-order valence-electron chi connectivity index (χ3n) is 5.84. The Morgan fingerprint density at radius 2 is 1.79 bits per heavy atom. The summed E-state index contributed by atoms with van der Waals surface area (Å²) in [6.07, 6.45) is 3.47. The predicted octanol–water partition coefficient (Wildman–Crippen LogP) is 3.08. The van der Waals surface area contributed by atoms with Crippen molar-refractivity contribution in [3.8, 4) is 5.75 Å². The summed E-state index contributed by atoms with van der Waals surface area (Å²) in [7, 11) is 1.47. The number of carbonyl (C=O) groups is 1. The highest BCUT2D eigenvalue weighted by atomic mass is 19.1. The van der Waals surface area contributed by atoms with Gasteiger partial charge in [0.1, 0.15) is 0 Å². The van der Waals surface area contributed by atoms with Crippen LogP contribution in [0.4, 0.5) is 10.1 Å². The van der Waals surface area contributed by atoms with Gasteiger partial charge in [-0.15, -0.1) is 0 Å². The first-order valence-corrected chi connectivity index (χ1v) is 10.3. The minimum atomic E-state index is -0.327. The molecule has 29 heavy (non-hydrogen) atoms. The molecule has 0 radical (unpaired) electrons. The third kappa shape index (κ3) is 4.95. The van der Waals surface area contributed by atoms with Gasteiger partial charge in [0.2, 0.25) is 5.91 Å². The summed E-state index contributed by atoms with van der Waals surface area (Å²) in [6.45, 7) is 4.49. The number of halogens is 1. The average molecular weight is 397 g/mol. The lowest BCUT2D eigenvalue weighted by Crippen LogP contribution is -2.48. The van der Waals surface area contributed by atoms with Crippen molar-refractivity contribution in [1.29, 1.82) is 0 Å². The third-order valence-corrected chi connectivity index (χ3v) is 5.84. The van der Waals surface area contributed by atoms with Crippen molar-refractivity contribution in [3.63, 3.8) is 0 Å². The molecule has 1 aliphatic carbocycles. The minimum absolute atomic E-state index is 0.0358. The zero-order valence-electron chi connectivity index (χ0n) is 16.9. The topological polar surface area (TPSA) is 44.8 Å². The molecule has 2 aromatic carbocycles. The summed E-state index contributed by atoms with van der Waals surface area (Å²) in [4.78, 5) is 16.9. The van der Waals surface area contributed by atoms with Crippen LogP contribution in [0.25, 0.3) is 0 Å². The molecule has 4 rings (SSSR count). The molecule has 154 valence electrons. The largest absolute Gasteiger partial charge is 0.494 e. The Morgan fingerprint density at radius 1 is 1.03 bits per heavy atom. The second-order valence-corrected chi connectivity index (χ2v) is 7.91. The van der Waals surface area contributed by atoms with E-state index in [2.05, 4.69) is 27.2 Å². The zero-order valence-corrected chi connectivity index (χ0v) is 16.9. The highest BCUT2D eigenvalue weighted by Gasteiger charge is 2.20. The van der Waals surface area contributed by atoms with Crippen LogP contribution >= 0.6 is 0 Å². The molecule has 0 atom stereocenters.